The Bertz CT molecular complexity index is 912. The lowest BCUT2D eigenvalue weighted by molar-refractivity contribution is 0.0954. The number of aromatic nitrogens is 5. The van der Waals surface area contributed by atoms with Gasteiger partial charge in [0.2, 0.25) is 5.89 Å². The van der Waals surface area contributed by atoms with Crippen molar-refractivity contribution >= 4 is 5.91 Å². The van der Waals surface area contributed by atoms with Crippen LogP contribution in [0.15, 0.2) is 35.1 Å². The second-order valence-corrected chi connectivity index (χ2v) is 6.91. The molecule has 3 aromatic rings. The van der Waals surface area contributed by atoms with E-state index in [1.807, 2.05) is 50.6 Å². The maximum Gasteiger partial charge on any atom is 0.251 e. The molecule has 0 unspecified atom stereocenters. The Morgan fingerprint density at radius 3 is 2.78 bits per heavy atom. The fraction of sp³-hybridized carbons (Fsp3) is 0.421. The Morgan fingerprint density at radius 1 is 1.26 bits per heavy atom. The highest BCUT2D eigenvalue weighted by atomic mass is 16.5. The van der Waals surface area contributed by atoms with Crippen LogP contribution in [0.5, 0.6) is 0 Å². The van der Waals surface area contributed by atoms with Gasteiger partial charge in [-0.05, 0) is 26.0 Å². The van der Waals surface area contributed by atoms with Crippen molar-refractivity contribution in [2.75, 3.05) is 6.54 Å². The van der Waals surface area contributed by atoms with Gasteiger partial charge in [-0.3, -0.25) is 4.79 Å². The number of hydrogen-bond acceptors (Lipinski definition) is 6. The summed E-state index contributed by atoms with van der Waals surface area (Å²) in [5.74, 6) is 1.99. The van der Waals surface area contributed by atoms with Crippen LogP contribution in [0, 0.1) is 0 Å². The third-order valence-corrected chi connectivity index (χ3v) is 4.06. The molecule has 0 aliphatic carbocycles. The van der Waals surface area contributed by atoms with Crippen LogP contribution in [0.2, 0.25) is 0 Å². The first-order valence-corrected chi connectivity index (χ1v) is 9.06. The summed E-state index contributed by atoms with van der Waals surface area (Å²) in [7, 11) is 0. The molecule has 0 saturated heterocycles. The summed E-state index contributed by atoms with van der Waals surface area (Å²) in [5, 5.41) is 11.1. The molecule has 1 amide bonds. The Hall–Kier alpha value is -3.03. The molecule has 2 aromatic heterocycles. The minimum absolute atomic E-state index is 0.153. The zero-order valence-corrected chi connectivity index (χ0v) is 16.0. The van der Waals surface area contributed by atoms with Crippen LogP contribution in [-0.2, 0) is 6.42 Å². The number of carbonyl (C=O) groups excluding carboxylic acids is 1. The Morgan fingerprint density at radius 2 is 2.07 bits per heavy atom. The Labute approximate surface area is 158 Å². The third kappa shape index (κ3) is 4.39. The second-order valence-electron chi connectivity index (χ2n) is 6.91. The van der Waals surface area contributed by atoms with E-state index in [1.54, 1.807) is 6.07 Å². The summed E-state index contributed by atoms with van der Waals surface area (Å²) >= 11 is 0. The fourth-order valence-electron chi connectivity index (χ4n) is 2.63. The molecule has 0 saturated carbocycles. The molecule has 0 radical (unpaired) electrons. The van der Waals surface area contributed by atoms with Crippen molar-refractivity contribution in [3.8, 4) is 11.4 Å². The van der Waals surface area contributed by atoms with E-state index in [-0.39, 0.29) is 17.9 Å². The van der Waals surface area contributed by atoms with Gasteiger partial charge in [-0.1, -0.05) is 31.1 Å². The standard InChI is InChI=1S/C19H24N6O2/c1-12(2)19-23-16(24-27-19)8-9-20-18(26)15-7-5-6-14(10-15)17-21-11-22-25(17)13(3)4/h5-7,10-13H,8-9H2,1-4H3,(H,20,26). The highest BCUT2D eigenvalue weighted by Gasteiger charge is 2.13. The summed E-state index contributed by atoms with van der Waals surface area (Å²) < 4.78 is 7.00. The van der Waals surface area contributed by atoms with Crippen LogP contribution in [0.3, 0.4) is 0 Å². The first-order chi connectivity index (χ1) is 13.0. The predicted molar refractivity (Wildman–Crippen MR) is 100 cm³/mol. The molecule has 0 bridgehead atoms. The molecule has 1 aromatic carbocycles. The highest BCUT2D eigenvalue weighted by Crippen LogP contribution is 2.20. The van der Waals surface area contributed by atoms with Gasteiger partial charge in [0.25, 0.3) is 5.91 Å². The summed E-state index contributed by atoms with van der Waals surface area (Å²) in [5.41, 5.74) is 1.43. The maximum absolute atomic E-state index is 12.5. The molecule has 0 spiro atoms. The minimum Gasteiger partial charge on any atom is -0.352 e. The molecule has 0 aliphatic rings. The first-order valence-electron chi connectivity index (χ1n) is 9.06. The Kier molecular flexibility index (Phi) is 5.63. The topological polar surface area (TPSA) is 98.7 Å². The molecule has 142 valence electrons. The van der Waals surface area contributed by atoms with E-state index >= 15 is 0 Å². The van der Waals surface area contributed by atoms with Crippen LogP contribution in [0.25, 0.3) is 11.4 Å². The van der Waals surface area contributed by atoms with Gasteiger partial charge in [0.05, 0.1) is 0 Å². The van der Waals surface area contributed by atoms with E-state index in [9.17, 15) is 4.79 Å². The van der Waals surface area contributed by atoms with E-state index in [1.165, 1.54) is 6.33 Å². The summed E-state index contributed by atoms with van der Waals surface area (Å²) in [6.07, 6.45) is 2.04. The van der Waals surface area contributed by atoms with Gasteiger partial charge in [-0.25, -0.2) is 9.67 Å². The second kappa shape index (κ2) is 8.11. The fourth-order valence-corrected chi connectivity index (χ4v) is 2.63. The van der Waals surface area contributed by atoms with Crippen molar-refractivity contribution in [1.29, 1.82) is 0 Å². The van der Waals surface area contributed by atoms with E-state index in [0.29, 0.717) is 30.2 Å². The number of nitrogens with zero attached hydrogens (tertiary/aromatic N) is 5. The molecule has 8 nitrogen and oxygen atoms in total. The van der Waals surface area contributed by atoms with Crippen molar-refractivity contribution in [2.24, 2.45) is 0 Å². The van der Waals surface area contributed by atoms with Crippen LogP contribution in [0.4, 0.5) is 0 Å². The van der Waals surface area contributed by atoms with Gasteiger partial charge in [-0.2, -0.15) is 10.1 Å². The first kappa shape index (κ1) is 18.8. The van der Waals surface area contributed by atoms with Crippen LogP contribution in [0.1, 0.15) is 61.7 Å². The average molecular weight is 368 g/mol. The monoisotopic (exact) mass is 368 g/mol. The van der Waals surface area contributed by atoms with Gasteiger partial charge >= 0.3 is 0 Å². The van der Waals surface area contributed by atoms with Crippen molar-refractivity contribution in [3.63, 3.8) is 0 Å². The van der Waals surface area contributed by atoms with Gasteiger partial charge in [0, 0.05) is 36.1 Å². The number of rotatable bonds is 7. The molecular weight excluding hydrogens is 344 g/mol. The van der Waals surface area contributed by atoms with Gasteiger partial charge in [0.1, 0.15) is 6.33 Å². The van der Waals surface area contributed by atoms with E-state index in [0.717, 1.165) is 11.4 Å². The third-order valence-electron chi connectivity index (χ3n) is 4.06. The molecule has 1 N–H and O–H groups in total. The number of hydrogen-bond donors (Lipinski definition) is 1. The average Bonchev–Trinajstić information content (AvgIpc) is 3.31. The van der Waals surface area contributed by atoms with Gasteiger partial charge in [0.15, 0.2) is 11.6 Å². The molecule has 0 aliphatic heterocycles. The van der Waals surface area contributed by atoms with Gasteiger partial charge < -0.3 is 9.84 Å². The normalized spacial score (nSPS) is 11.3. The highest BCUT2D eigenvalue weighted by molar-refractivity contribution is 5.95. The number of carbonyl (C=O) groups is 1. The van der Waals surface area contributed by atoms with Crippen molar-refractivity contribution in [3.05, 3.63) is 47.9 Å². The van der Waals surface area contributed by atoms with Gasteiger partial charge in [-0.15, -0.1) is 0 Å². The van der Waals surface area contributed by atoms with E-state index < -0.39 is 0 Å². The minimum atomic E-state index is -0.153. The number of amides is 1. The van der Waals surface area contributed by atoms with E-state index in [2.05, 4.69) is 25.5 Å². The van der Waals surface area contributed by atoms with Crippen molar-refractivity contribution < 1.29 is 9.32 Å². The molecule has 0 fully saturated rings. The molecule has 3 rings (SSSR count). The van der Waals surface area contributed by atoms with Crippen molar-refractivity contribution in [2.45, 2.75) is 46.1 Å². The van der Waals surface area contributed by atoms with Crippen LogP contribution >= 0.6 is 0 Å². The van der Waals surface area contributed by atoms with Crippen LogP contribution < -0.4 is 5.32 Å². The van der Waals surface area contributed by atoms with E-state index in [4.69, 9.17) is 4.52 Å². The molecule has 2 heterocycles. The maximum atomic E-state index is 12.5. The lowest BCUT2D eigenvalue weighted by atomic mass is 10.1. The molecule has 0 atom stereocenters. The lowest BCUT2D eigenvalue weighted by Crippen LogP contribution is -2.26. The lowest BCUT2D eigenvalue weighted by Gasteiger charge is -2.10. The zero-order chi connectivity index (χ0) is 19.4. The SMILES string of the molecule is CC(C)c1nc(CCNC(=O)c2cccc(-c3ncnn3C(C)C)c2)no1. The quantitative estimate of drug-likeness (QED) is 0.688. The zero-order valence-electron chi connectivity index (χ0n) is 16.0. The summed E-state index contributed by atoms with van der Waals surface area (Å²) in [6.45, 7) is 8.50. The largest absolute Gasteiger partial charge is 0.352 e. The Balaban J connectivity index is 1.64. The summed E-state index contributed by atoms with van der Waals surface area (Å²) in [4.78, 5) is 21.1. The molecule has 8 heteroatoms. The molecule has 27 heavy (non-hydrogen) atoms. The smallest absolute Gasteiger partial charge is 0.251 e. The number of nitrogens with one attached hydrogen (secondary N) is 1. The van der Waals surface area contributed by atoms with Crippen LogP contribution in [-0.4, -0.2) is 37.4 Å². The summed E-state index contributed by atoms with van der Waals surface area (Å²) in [6, 6.07) is 7.55. The predicted octanol–water partition coefficient (Wildman–Crippen LogP) is 3.00. The molecular formula is C19H24N6O2. The number of benzene rings is 1. The van der Waals surface area contributed by atoms with Crippen molar-refractivity contribution in [1.82, 2.24) is 30.2 Å².